The molecule has 0 aromatic carbocycles. The van der Waals surface area contributed by atoms with Crippen molar-refractivity contribution in [2.24, 2.45) is 0 Å². The summed E-state index contributed by atoms with van der Waals surface area (Å²) in [5.74, 6) is 0. The maximum Gasteiger partial charge on any atom is 0.244 e. The van der Waals surface area contributed by atoms with Gasteiger partial charge in [-0.25, -0.2) is 13.1 Å². The lowest BCUT2D eigenvalue weighted by Crippen LogP contribution is -2.42. The van der Waals surface area contributed by atoms with Crippen molar-refractivity contribution in [2.75, 3.05) is 0 Å². The van der Waals surface area contributed by atoms with Crippen LogP contribution >= 0.6 is 11.6 Å². The van der Waals surface area contributed by atoms with E-state index in [0.29, 0.717) is 5.69 Å². The Labute approximate surface area is 106 Å². The lowest BCUT2D eigenvalue weighted by molar-refractivity contribution is 0.418. The highest BCUT2D eigenvalue weighted by Gasteiger charge is 2.29. The number of rotatable bonds is 3. The summed E-state index contributed by atoms with van der Waals surface area (Å²) in [6, 6.07) is -0.176. The van der Waals surface area contributed by atoms with Gasteiger partial charge in [-0.1, -0.05) is 12.8 Å². The molecule has 0 radical (unpaired) electrons. The minimum Gasteiger partial charge on any atom is -0.281 e. The van der Waals surface area contributed by atoms with Gasteiger partial charge < -0.3 is 0 Å². The van der Waals surface area contributed by atoms with Crippen molar-refractivity contribution in [3.63, 3.8) is 0 Å². The van der Waals surface area contributed by atoms with Gasteiger partial charge in [0.25, 0.3) is 0 Å². The van der Waals surface area contributed by atoms with Crippen molar-refractivity contribution in [1.82, 2.24) is 14.9 Å². The monoisotopic (exact) mass is 277 g/mol. The second-order valence-corrected chi connectivity index (χ2v) is 6.63. The lowest BCUT2D eigenvalue weighted by Gasteiger charge is -2.27. The summed E-state index contributed by atoms with van der Waals surface area (Å²) in [5, 5.41) is 6.22. The zero-order chi connectivity index (χ0) is 12.5. The molecule has 0 amide bonds. The average Bonchev–Trinajstić information content (AvgIpc) is 2.68. The van der Waals surface area contributed by atoms with Crippen LogP contribution in [0.2, 0.25) is 0 Å². The number of H-pyrrole nitrogens is 1. The highest BCUT2D eigenvalue weighted by atomic mass is 35.5. The van der Waals surface area contributed by atoms with E-state index in [1.54, 1.807) is 6.92 Å². The molecule has 17 heavy (non-hydrogen) atoms. The molecule has 1 aromatic rings. The highest BCUT2D eigenvalue weighted by molar-refractivity contribution is 7.89. The van der Waals surface area contributed by atoms with E-state index in [4.69, 9.17) is 11.6 Å². The molecule has 1 aliphatic carbocycles. The van der Waals surface area contributed by atoms with Gasteiger partial charge in [0.1, 0.15) is 4.90 Å². The maximum atomic E-state index is 12.1. The Bertz CT molecular complexity index is 485. The van der Waals surface area contributed by atoms with E-state index in [-0.39, 0.29) is 16.3 Å². The van der Waals surface area contributed by atoms with Crippen LogP contribution in [0.15, 0.2) is 11.1 Å². The first-order valence-corrected chi connectivity index (χ1v) is 7.59. The number of alkyl halides is 1. The lowest BCUT2D eigenvalue weighted by atomic mass is 9.96. The number of nitrogens with zero attached hydrogens (tertiary/aromatic N) is 1. The van der Waals surface area contributed by atoms with Gasteiger partial charge in [0, 0.05) is 11.4 Å². The normalized spacial score (nSPS) is 26.0. The summed E-state index contributed by atoms with van der Waals surface area (Å²) in [5.41, 5.74) is 0.541. The Kier molecular flexibility index (Phi) is 3.75. The molecule has 2 atom stereocenters. The Morgan fingerprint density at radius 1 is 1.47 bits per heavy atom. The number of hydrogen-bond acceptors (Lipinski definition) is 3. The molecular formula is C10H16ClN3O2S. The SMILES string of the molecule is Cc1[nH]ncc1S(=O)(=O)NC1CCCCC1Cl. The molecule has 2 unspecified atom stereocenters. The van der Waals surface area contributed by atoms with E-state index in [2.05, 4.69) is 14.9 Å². The minimum absolute atomic E-state index is 0.120. The second kappa shape index (κ2) is 4.96. The van der Waals surface area contributed by atoms with Crippen LogP contribution in [0.1, 0.15) is 31.4 Å². The van der Waals surface area contributed by atoms with Crippen molar-refractivity contribution in [3.05, 3.63) is 11.9 Å². The fourth-order valence-electron chi connectivity index (χ4n) is 2.09. The van der Waals surface area contributed by atoms with Crippen LogP contribution in [0.4, 0.5) is 0 Å². The molecule has 0 aliphatic heterocycles. The van der Waals surface area contributed by atoms with Crippen LogP contribution < -0.4 is 4.72 Å². The van der Waals surface area contributed by atoms with Gasteiger partial charge in [0.15, 0.2) is 0 Å². The quantitative estimate of drug-likeness (QED) is 0.823. The van der Waals surface area contributed by atoms with Crippen LogP contribution in [-0.2, 0) is 10.0 Å². The van der Waals surface area contributed by atoms with E-state index >= 15 is 0 Å². The van der Waals surface area contributed by atoms with Crippen molar-refractivity contribution >= 4 is 21.6 Å². The third kappa shape index (κ3) is 2.81. The molecule has 7 heteroatoms. The minimum atomic E-state index is -3.51. The fourth-order valence-corrected chi connectivity index (χ4v) is 3.96. The second-order valence-electron chi connectivity index (χ2n) is 4.39. The van der Waals surface area contributed by atoms with Crippen LogP contribution in [-0.4, -0.2) is 30.0 Å². The molecule has 1 aromatic heterocycles. The molecule has 96 valence electrons. The Morgan fingerprint density at radius 3 is 2.76 bits per heavy atom. The maximum absolute atomic E-state index is 12.1. The van der Waals surface area contributed by atoms with Gasteiger partial charge in [0.05, 0.1) is 11.9 Å². The summed E-state index contributed by atoms with van der Waals surface area (Å²) >= 11 is 6.14. The number of aryl methyl sites for hydroxylation is 1. The largest absolute Gasteiger partial charge is 0.281 e. The van der Waals surface area contributed by atoms with Crippen molar-refractivity contribution in [3.8, 4) is 0 Å². The summed E-state index contributed by atoms with van der Waals surface area (Å²) in [7, 11) is -3.51. The highest BCUT2D eigenvalue weighted by Crippen LogP contribution is 2.24. The number of aromatic nitrogens is 2. The van der Waals surface area contributed by atoms with Crippen LogP contribution in [0, 0.1) is 6.92 Å². The average molecular weight is 278 g/mol. The Hall–Kier alpha value is -0.590. The predicted octanol–water partition coefficient (Wildman–Crippen LogP) is 1.55. The third-order valence-electron chi connectivity index (χ3n) is 3.06. The molecule has 0 bridgehead atoms. The third-order valence-corrected chi connectivity index (χ3v) is 5.19. The zero-order valence-corrected chi connectivity index (χ0v) is 11.2. The number of halogens is 1. The van der Waals surface area contributed by atoms with Gasteiger partial charge >= 0.3 is 0 Å². The van der Waals surface area contributed by atoms with Gasteiger partial charge in [-0.2, -0.15) is 5.10 Å². The first-order valence-electron chi connectivity index (χ1n) is 5.67. The molecular weight excluding hydrogens is 262 g/mol. The molecule has 5 nitrogen and oxygen atoms in total. The van der Waals surface area contributed by atoms with Gasteiger partial charge in [-0.05, 0) is 19.8 Å². The van der Waals surface area contributed by atoms with Crippen LogP contribution in [0.5, 0.6) is 0 Å². The van der Waals surface area contributed by atoms with Crippen LogP contribution in [0.25, 0.3) is 0 Å². The van der Waals surface area contributed by atoms with E-state index in [1.807, 2.05) is 0 Å². The number of sulfonamides is 1. The summed E-state index contributed by atoms with van der Waals surface area (Å²) in [6.07, 6.45) is 5.06. The molecule has 0 spiro atoms. The first kappa shape index (κ1) is 12.9. The molecule has 1 aliphatic rings. The molecule has 1 fully saturated rings. The number of nitrogens with one attached hydrogen (secondary N) is 2. The number of hydrogen-bond donors (Lipinski definition) is 2. The smallest absolute Gasteiger partial charge is 0.244 e. The summed E-state index contributed by atoms with van der Waals surface area (Å²) < 4.78 is 26.9. The summed E-state index contributed by atoms with van der Waals surface area (Å²) in [6.45, 7) is 1.68. The van der Waals surface area contributed by atoms with E-state index in [9.17, 15) is 8.42 Å². The van der Waals surface area contributed by atoms with Crippen molar-refractivity contribution < 1.29 is 8.42 Å². The Balaban J connectivity index is 2.15. The van der Waals surface area contributed by atoms with Gasteiger partial charge in [0.2, 0.25) is 10.0 Å². The van der Waals surface area contributed by atoms with Crippen LogP contribution in [0.3, 0.4) is 0 Å². The van der Waals surface area contributed by atoms with E-state index in [1.165, 1.54) is 6.20 Å². The number of aromatic amines is 1. The first-order chi connectivity index (χ1) is 8.00. The van der Waals surface area contributed by atoms with E-state index < -0.39 is 10.0 Å². The Morgan fingerprint density at radius 2 is 2.18 bits per heavy atom. The van der Waals surface area contributed by atoms with E-state index in [0.717, 1.165) is 25.7 Å². The van der Waals surface area contributed by atoms with Gasteiger partial charge in [-0.15, -0.1) is 11.6 Å². The molecule has 1 saturated carbocycles. The standard InChI is InChI=1S/C10H16ClN3O2S/c1-7-10(6-12-13-7)17(15,16)14-9-5-3-2-4-8(9)11/h6,8-9,14H,2-5H2,1H3,(H,12,13). The fraction of sp³-hybridized carbons (Fsp3) is 0.700. The predicted molar refractivity (Wildman–Crippen MR) is 65.5 cm³/mol. The van der Waals surface area contributed by atoms with Gasteiger partial charge in [-0.3, -0.25) is 5.10 Å². The summed E-state index contributed by atoms with van der Waals surface area (Å²) in [4.78, 5) is 0.201. The van der Waals surface area contributed by atoms with Crippen molar-refractivity contribution in [2.45, 2.75) is 48.9 Å². The zero-order valence-electron chi connectivity index (χ0n) is 9.61. The molecule has 1 heterocycles. The molecule has 2 rings (SSSR count). The van der Waals surface area contributed by atoms with Crippen molar-refractivity contribution in [1.29, 1.82) is 0 Å². The molecule has 0 saturated heterocycles. The molecule has 2 N–H and O–H groups in total. The topological polar surface area (TPSA) is 74.8 Å².